The number of hydrogen-bond donors (Lipinski definition) is 1. The Bertz CT molecular complexity index is 413. The van der Waals surface area contributed by atoms with Crippen LogP contribution in [0.25, 0.3) is 0 Å². The molecular formula is C15H21NO2. The first-order valence-electron chi connectivity index (χ1n) is 6.98. The summed E-state index contributed by atoms with van der Waals surface area (Å²) in [7, 11) is 0. The predicted octanol–water partition coefficient (Wildman–Crippen LogP) is 2.58. The first-order chi connectivity index (χ1) is 8.86. The Morgan fingerprint density at radius 2 is 2.11 bits per heavy atom. The summed E-state index contributed by atoms with van der Waals surface area (Å²) >= 11 is 0. The smallest absolute Gasteiger partial charge is 0.127 e. The number of fused-ring (bicyclic) bond motifs is 1. The summed E-state index contributed by atoms with van der Waals surface area (Å²) < 4.78 is 11.6. The minimum Gasteiger partial charge on any atom is -0.493 e. The van der Waals surface area contributed by atoms with Gasteiger partial charge < -0.3 is 15.2 Å². The molecular weight excluding hydrogens is 226 g/mol. The molecule has 1 aromatic rings. The molecule has 0 bridgehead atoms. The third kappa shape index (κ3) is 2.25. The monoisotopic (exact) mass is 247 g/mol. The second-order valence-corrected chi connectivity index (χ2v) is 5.22. The van der Waals surface area contributed by atoms with Gasteiger partial charge in [-0.15, -0.1) is 0 Å². The standard InChI is InChI=1S/C15H21NO2/c16-14(13-8-1-2-9-17-13)12-7-3-5-11-6-4-10-18-15(11)12/h3,5,7,13-14H,1-2,4,6,8-10,16H2. The zero-order valence-electron chi connectivity index (χ0n) is 10.7. The van der Waals surface area contributed by atoms with Gasteiger partial charge in [-0.05, 0) is 37.7 Å². The molecule has 0 radical (unpaired) electrons. The molecule has 1 aromatic carbocycles. The highest BCUT2D eigenvalue weighted by Crippen LogP contribution is 2.35. The van der Waals surface area contributed by atoms with Crippen molar-refractivity contribution in [1.82, 2.24) is 0 Å². The number of para-hydroxylation sites is 1. The molecule has 2 aliphatic heterocycles. The van der Waals surface area contributed by atoms with Crippen LogP contribution in [0.1, 0.15) is 42.9 Å². The number of nitrogens with two attached hydrogens (primary N) is 1. The normalized spacial score (nSPS) is 25.1. The Labute approximate surface area is 108 Å². The van der Waals surface area contributed by atoms with E-state index in [0.29, 0.717) is 0 Å². The quantitative estimate of drug-likeness (QED) is 0.873. The molecule has 98 valence electrons. The number of aryl methyl sites for hydroxylation is 1. The van der Waals surface area contributed by atoms with E-state index in [2.05, 4.69) is 18.2 Å². The molecule has 0 aliphatic carbocycles. The molecule has 1 saturated heterocycles. The van der Waals surface area contributed by atoms with E-state index < -0.39 is 0 Å². The van der Waals surface area contributed by atoms with E-state index in [1.165, 1.54) is 12.0 Å². The number of benzene rings is 1. The van der Waals surface area contributed by atoms with Crippen molar-refractivity contribution in [2.24, 2.45) is 5.73 Å². The minimum atomic E-state index is -0.0571. The molecule has 2 unspecified atom stereocenters. The van der Waals surface area contributed by atoms with Crippen molar-refractivity contribution < 1.29 is 9.47 Å². The molecule has 2 atom stereocenters. The Morgan fingerprint density at radius 1 is 1.17 bits per heavy atom. The lowest BCUT2D eigenvalue weighted by Gasteiger charge is -2.30. The van der Waals surface area contributed by atoms with E-state index in [4.69, 9.17) is 15.2 Å². The van der Waals surface area contributed by atoms with Gasteiger partial charge in [0.25, 0.3) is 0 Å². The van der Waals surface area contributed by atoms with Gasteiger partial charge in [-0.3, -0.25) is 0 Å². The predicted molar refractivity (Wildman–Crippen MR) is 70.8 cm³/mol. The molecule has 3 rings (SSSR count). The Balaban J connectivity index is 1.86. The van der Waals surface area contributed by atoms with E-state index in [-0.39, 0.29) is 12.1 Å². The molecule has 0 aromatic heterocycles. The van der Waals surface area contributed by atoms with E-state index in [0.717, 1.165) is 50.2 Å². The van der Waals surface area contributed by atoms with Gasteiger partial charge in [0.05, 0.1) is 18.8 Å². The van der Waals surface area contributed by atoms with Crippen LogP contribution < -0.4 is 10.5 Å². The van der Waals surface area contributed by atoms with Gasteiger partial charge in [0.2, 0.25) is 0 Å². The first-order valence-corrected chi connectivity index (χ1v) is 6.98. The van der Waals surface area contributed by atoms with Crippen molar-refractivity contribution in [2.45, 2.75) is 44.2 Å². The van der Waals surface area contributed by atoms with Crippen molar-refractivity contribution in [3.63, 3.8) is 0 Å². The van der Waals surface area contributed by atoms with Crippen LogP contribution in [0.4, 0.5) is 0 Å². The highest BCUT2D eigenvalue weighted by molar-refractivity contribution is 5.44. The summed E-state index contributed by atoms with van der Waals surface area (Å²) in [5.74, 6) is 1.02. The van der Waals surface area contributed by atoms with Crippen molar-refractivity contribution >= 4 is 0 Å². The second kappa shape index (κ2) is 5.29. The molecule has 1 fully saturated rings. The van der Waals surface area contributed by atoms with Gasteiger partial charge in [0.1, 0.15) is 5.75 Å². The molecule has 2 N–H and O–H groups in total. The maximum absolute atomic E-state index is 6.39. The fourth-order valence-corrected chi connectivity index (χ4v) is 2.93. The van der Waals surface area contributed by atoms with Crippen LogP contribution in [0.2, 0.25) is 0 Å². The van der Waals surface area contributed by atoms with Gasteiger partial charge >= 0.3 is 0 Å². The van der Waals surface area contributed by atoms with Gasteiger partial charge in [0, 0.05) is 12.2 Å². The Kier molecular flexibility index (Phi) is 3.52. The molecule has 3 nitrogen and oxygen atoms in total. The average molecular weight is 247 g/mol. The van der Waals surface area contributed by atoms with Crippen molar-refractivity contribution in [3.8, 4) is 5.75 Å². The van der Waals surface area contributed by atoms with Crippen LogP contribution in [0, 0.1) is 0 Å². The van der Waals surface area contributed by atoms with Gasteiger partial charge in [-0.2, -0.15) is 0 Å². The van der Waals surface area contributed by atoms with Gasteiger partial charge in [-0.1, -0.05) is 18.2 Å². The number of rotatable bonds is 2. The maximum atomic E-state index is 6.39. The second-order valence-electron chi connectivity index (χ2n) is 5.22. The molecule has 2 heterocycles. The van der Waals surface area contributed by atoms with Crippen LogP contribution in [0.15, 0.2) is 18.2 Å². The highest BCUT2D eigenvalue weighted by Gasteiger charge is 2.26. The Hall–Kier alpha value is -1.06. The topological polar surface area (TPSA) is 44.5 Å². The van der Waals surface area contributed by atoms with Crippen LogP contribution in [-0.4, -0.2) is 19.3 Å². The van der Waals surface area contributed by atoms with Gasteiger partial charge in [0.15, 0.2) is 0 Å². The van der Waals surface area contributed by atoms with Crippen LogP contribution in [0.3, 0.4) is 0 Å². The average Bonchev–Trinajstić information content (AvgIpc) is 2.47. The molecule has 0 spiro atoms. The SMILES string of the molecule is NC(c1cccc2c1OCCC2)C1CCCCO1. The number of ether oxygens (including phenoxy) is 2. The fraction of sp³-hybridized carbons (Fsp3) is 0.600. The maximum Gasteiger partial charge on any atom is 0.127 e. The van der Waals surface area contributed by atoms with E-state index in [1.54, 1.807) is 0 Å². The van der Waals surface area contributed by atoms with E-state index in [9.17, 15) is 0 Å². The van der Waals surface area contributed by atoms with Crippen molar-refractivity contribution in [1.29, 1.82) is 0 Å². The summed E-state index contributed by atoms with van der Waals surface area (Å²) in [4.78, 5) is 0. The summed E-state index contributed by atoms with van der Waals surface area (Å²) in [6.07, 6.45) is 5.79. The zero-order valence-corrected chi connectivity index (χ0v) is 10.7. The van der Waals surface area contributed by atoms with Crippen LogP contribution >= 0.6 is 0 Å². The fourth-order valence-electron chi connectivity index (χ4n) is 2.93. The lowest BCUT2D eigenvalue weighted by Crippen LogP contribution is -2.32. The molecule has 3 heteroatoms. The minimum absolute atomic E-state index is 0.0571. The van der Waals surface area contributed by atoms with E-state index in [1.807, 2.05) is 0 Å². The first kappa shape index (κ1) is 12.0. The highest BCUT2D eigenvalue weighted by atomic mass is 16.5. The lowest BCUT2D eigenvalue weighted by atomic mass is 9.92. The summed E-state index contributed by atoms with van der Waals surface area (Å²) in [5, 5.41) is 0. The van der Waals surface area contributed by atoms with Crippen LogP contribution in [0.5, 0.6) is 5.75 Å². The van der Waals surface area contributed by atoms with Gasteiger partial charge in [-0.25, -0.2) is 0 Å². The summed E-state index contributed by atoms with van der Waals surface area (Å²) in [6, 6.07) is 6.27. The summed E-state index contributed by atoms with van der Waals surface area (Å²) in [5.41, 5.74) is 8.81. The molecule has 2 aliphatic rings. The zero-order chi connectivity index (χ0) is 12.4. The van der Waals surface area contributed by atoms with E-state index >= 15 is 0 Å². The Morgan fingerprint density at radius 3 is 2.94 bits per heavy atom. The molecule has 0 saturated carbocycles. The third-order valence-corrected chi connectivity index (χ3v) is 3.94. The lowest BCUT2D eigenvalue weighted by molar-refractivity contribution is -0.000567. The molecule has 18 heavy (non-hydrogen) atoms. The number of hydrogen-bond acceptors (Lipinski definition) is 3. The van der Waals surface area contributed by atoms with Crippen molar-refractivity contribution in [3.05, 3.63) is 29.3 Å². The van der Waals surface area contributed by atoms with Crippen LogP contribution in [-0.2, 0) is 11.2 Å². The molecule has 0 amide bonds. The van der Waals surface area contributed by atoms with Crippen molar-refractivity contribution in [2.75, 3.05) is 13.2 Å². The largest absolute Gasteiger partial charge is 0.493 e. The third-order valence-electron chi connectivity index (χ3n) is 3.94. The summed E-state index contributed by atoms with van der Waals surface area (Å²) in [6.45, 7) is 1.65.